The number of Topliss-reactive ketones (excluding diaryl/α,β-unsaturated/α-hetero) is 1. The zero-order valence-corrected chi connectivity index (χ0v) is 11.2. The van der Waals surface area contributed by atoms with Crippen molar-refractivity contribution < 1.29 is 14.3 Å². The fourth-order valence-electron chi connectivity index (χ4n) is 2.36. The molecule has 3 aromatic rings. The molecule has 100 valence electrons. The third-order valence-corrected chi connectivity index (χ3v) is 3.43. The number of aromatic nitrogens is 1. The Balaban J connectivity index is 2.31. The molecule has 2 aromatic carbocycles. The molecule has 4 nitrogen and oxygen atoms in total. The minimum atomic E-state index is -0.371. The van der Waals surface area contributed by atoms with Gasteiger partial charge < -0.3 is 9.72 Å². The van der Waals surface area contributed by atoms with Crippen molar-refractivity contribution in [2.75, 3.05) is 7.11 Å². The highest BCUT2D eigenvalue weighted by atomic mass is 16.5. The first-order valence-corrected chi connectivity index (χ1v) is 6.25. The van der Waals surface area contributed by atoms with Crippen LogP contribution in [0, 0.1) is 0 Å². The second-order valence-electron chi connectivity index (χ2n) is 4.69. The molecule has 0 bridgehead atoms. The van der Waals surface area contributed by atoms with Crippen molar-refractivity contribution in [1.29, 1.82) is 0 Å². The summed E-state index contributed by atoms with van der Waals surface area (Å²) >= 11 is 0. The molecule has 0 radical (unpaired) electrons. The van der Waals surface area contributed by atoms with Gasteiger partial charge >= 0.3 is 5.97 Å². The van der Waals surface area contributed by atoms with Gasteiger partial charge in [-0.3, -0.25) is 4.79 Å². The van der Waals surface area contributed by atoms with E-state index in [1.807, 2.05) is 18.2 Å². The van der Waals surface area contributed by atoms with Crippen molar-refractivity contribution >= 4 is 33.6 Å². The maximum atomic E-state index is 11.6. The first kappa shape index (κ1) is 12.4. The van der Waals surface area contributed by atoms with E-state index < -0.39 is 0 Å². The van der Waals surface area contributed by atoms with Crippen molar-refractivity contribution in [2.45, 2.75) is 6.92 Å². The molecule has 0 saturated heterocycles. The summed E-state index contributed by atoms with van der Waals surface area (Å²) in [6, 6.07) is 10.9. The van der Waals surface area contributed by atoms with Gasteiger partial charge in [-0.15, -0.1) is 0 Å². The zero-order chi connectivity index (χ0) is 14.3. The van der Waals surface area contributed by atoms with E-state index in [9.17, 15) is 9.59 Å². The molecule has 0 saturated carbocycles. The molecule has 0 spiro atoms. The number of fused-ring (bicyclic) bond motifs is 3. The lowest BCUT2D eigenvalue weighted by molar-refractivity contribution is 0.0601. The third kappa shape index (κ3) is 1.86. The van der Waals surface area contributed by atoms with Crippen LogP contribution in [0.5, 0.6) is 0 Å². The summed E-state index contributed by atoms with van der Waals surface area (Å²) in [4.78, 5) is 26.4. The van der Waals surface area contributed by atoms with Gasteiger partial charge in [-0.05, 0) is 43.3 Å². The molecule has 4 heteroatoms. The standard InChI is InChI=1S/C16H13NO3/c1-9(18)10-3-5-14-12(7-10)13-8-11(16(19)20-2)4-6-15(13)17-14/h3-8,17H,1-2H3. The van der Waals surface area contributed by atoms with E-state index in [0.717, 1.165) is 21.8 Å². The lowest BCUT2D eigenvalue weighted by Gasteiger charge is -1.99. The molecule has 0 aliphatic rings. The average molecular weight is 267 g/mol. The summed E-state index contributed by atoms with van der Waals surface area (Å²) in [5.41, 5.74) is 3.01. The Labute approximate surface area is 115 Å². The number of H-pyrrole nitrogens is 1. The number of carbonyl (C=O) groups is 2. The van der Waals surface area contributed by atoms with E-state index in [1.165, 1.54) is 14.0 Å². The van der Waals surface area contributed by atoms with E-state index in [0.29, 0.717) is 11.1 Å². The third-order valence-electron chi connectivity index (χ3n) is 3.43. The lowest BCUT2D eigenvalue weighted by atomic mass is 10.1. The first-order chi connectivity index (χ1) is 9.60. The molecule has 1 aromatic heterocycles. The van der Waals surface area contributed by atoms with Crippen LogP contribution in [0.2, 0.25) is 0 Å². The summed E-state index contributed by atoms with van der Waals surface area (Å²) in [5, 5.41) is 1.84. The Morgan fingerprint density at radius 1 is 0.950 bits per heavy atom. The summed E-state index contributed by atoms with van der Waals surface area (Å²) in [7, 11) is 1.36. The number of nitrogens with one attached hydrogen (secondary N) is 1. The van der Waals surface area contributed by atoms with Crippen LogP contribution in [0.15, 0.2) is 36.4 Å². The Hall–Kier alpha value is -2.62. The predicted octanol–water partition coefficient (Wildman–Crippen LogP) is 3.31. The maximum Gasteiger partial charge on any atom is 0.337 e. The zero-order valence-electron chi connectivity index (χ0n) is 11.2. The van der Waals surface area contributed by atoms with Crippen LogP contribution in [0.25, 0.3) is 21.8 Å². The number of benzene rings is 2. The van der Waals surface area contributed by atoms with Gasteiger partial charge in [0.05, 0.1) is 12.7 Å². The van der Waals surface area contributed by atoms with Gasteiger partial charge in [0, 0.05) is 27.4 Å². The van der Waals surface area contributed by atoms with Crippen molar-refractivity contribution in [1.82, 2.24) is 4.98 Å². The highest BCUT2D eigenvalue weighted by molar-refractivity contribution is 6.11. The minimum absolute atomic E-state index is 0.0189. The Kier molecular flexibility index (Phi) is 2.79. The molecule has 1 heterocycles. The molecule has 0 fully saturated rings. The lowest BCUT2D eigenvalue weighted by Crippen LogP contribution is -2.00. The number of ketones is 1. The number of ether oxygens (including phenoxy) is 1. The number of rotatable bonds is 2. The quantitative estimate of drug-likeness (QED) is 0.572. The summed E-state index contributed by atoms with van der Waals surface area (Å²) < 4.78 is 4.73. The normalized spacial score (nSPS) is 10.9. The highest BCUT2D eigenvalue weighted by Crippen LogP contribution is 2.27. The fourth-order valence-corrected chi connectivity index (χ4v) is 2.36. The summed E-state index contributed by atoms with van der Waals surface area (Å²) in [6.07, 6.45) is 0. The summed E-state index contributed by atoms with van der Waals surface area (Å²) in [6.45, 7) is 1.54. The molecule has 0 aliphatic carbocycles. The van der Waals surface area contributed by atoms with Crippen molar-refractivity contribution in [3.8, 4) is 0 Å². The van der Waals surface area contributed by atoms with E-state index in [-0.39, 0.29) is 11.8 Å². The smallest absolute Gasteiger partial charge is 0.337 e. The number of esters is 1. The van der Waals surface area contributed by atoms with Gasteiger partial charge in [0.1, 0.15) is 0 Å². The van der Waals surface area contributed by atoms with E-state index in [4.69, 9.17) is 4.74 Å². The van der Waals surface area contributed by atoms with Gasteiger partial charge in [-0.1, -0.05) is 0 Å². The first-order valence-electron chi connectivity index (χ1n) is 6.25. The van der Waals surface area contributed by atoms with Gasteiger partial charge in [0.2, 0.25) is 0 Å². The molecule has 0 amide bonds. The van der Waals surface area contributed by atoms with E-state index in [1.54, 1.807) is 18.2 Å². The molecule has 1 N–H and O–H groups in total. The van der Waals surface area contributed by atoms with Gasteiger partial charge in [0.25, 0.3) is 0 Å². The fraction of sp³-hybridized carbons (Fsp3) is 0.125. The molecule has 0 aliphatic heterocycles. The van der Waals surface area contributed by atoms with Crippen molar-refractivity contribution in [3.63, 3.8) is 0 Å². The van der Waals surface area contributed by atoms with Crippen LogP contribution in [-0.4, -0.2) is 23.8 Å². The number of methoxy groups -OCH3 is 1. The topological polar surface area (TPSA) is 59.2 Å². The SMILES string of the molecule is COC(=O)c1ccc2[nH]c3ccc(C(C)=O)cc3c2c1. The molecule has 20 heavy (non-hydrogen) atoms. The van der Waals surface area contributed by atoms with Crippen LogP contribution in [-0.2, 0) is 4.74 Å². The second kappa shape index (κ2) is 4.49. The van der Waals surface area contributed by atoms with Crippen molar-refractivity contribution in [2.24, 2.45) is 0 Å². The number of carbonyl (C=O) groups excluding carboxylic acids is 2. The molecule has 0 atom stereocenters. The molecular formula is C16H13NO3. The van der Waals surface area contributed by atoms with Gasteiger partial charge in [-0.2, -0.15) is 0 Å². The maximum absolute atomic E-state index is 11.6. The van der Waals surface area contributed by atoms with Crippen LogP contribution in [0.4, 0.5) is 0 Å². The van der Waals surface area contributed by atoms with E-state index in [2.05, 4.69) is 4.98 Å². The predicted molar refractivity (Wildman–Crippen MR) is 77.1 cm³/mol. The number of aromatic amines is 1. The summed E-state index contributed by atoms with van der Waals surface area (Å²) in [5.74, 6) is -0.352. The van der Waals surface area contributed by atoms with Gasteiger partial charge in [0.15, 0.2) is 5.78 Å². The molecule has 3 rings (SSSR count). The van der Waals surface area contributed by atoms with Crippen LogP contribution >= 0.6 is 0 Å². The van der Waals surface area contributed by atoms with Crippen LogP contribution < -0.4 is 0 Å². The number of hydrogen-bond donors (Lipinski definition) is 1. The molecule has 0 unspecified atom stereocenters. The molecular weight excluding hydrogens is 254 g/mol. The Morgan fingerprint density at radius 3 is 2.05 bits per heavy atom. The van der Waals surface area contributed by atoms with E-state index >= 15 is 0 Å². The van der Waals surface area contributed by atoms with Crippen LogP contribution in [0.1, 0.15) is 27.6 Å². The van der Waals surface area contributed by atoms with Crippen LogP contribution in [0.3, 0.4) is 0 Å². The Bertz CT molecular complexity index is 845. The largest absolute Gasteiger partial charge is 0.465 e. The highest BCUT2D eigenvalue weighted by Gasteiger charge is 2.11. The Morgan fingerprint density at radius 2 is 1.50 bits per heavy atom. The monoisotopic (exact) mass is 267 g/mol. The van der Waals surface area contributed by atoms with Gasteiger partial charge in [-0.25, -0.2) is 4.79 Å². The second-order valence-corrected chi connectivity index (χ2v) is 4.69. The minimum Gasteiger partial charge on any atom is -0.465 e. The van der Waals surface area contributed by atoms with Crippen molar-refractivity contribution in [3.05, 3.63) is 47.5 Å². The average Bonchev–Trinajstić information content (AvgIpc) is 2.83. The number of hydrogen-bond acceptors (Lipinski definition) is 3.